The molecule has 1 aromatic carbocycles. The van der Waals surface area contributed by atoms with Gasteiger partial charge in [-0.3, -0.25) is 9.69 Å². The van der Waals surface area contributed by atoms with Crippen molar-refractivity contribution >= 4 is 30.7 Å². The van der Waals surface area contributed by atoms with Crippen LogP contribution in [-0.4, -0.2) is 50.6 Å². The monoisotopic (exact) mass is 349 g/mol. The number of nitrogens with zero attached hydrogens (tertiary/aromatic N) is 1. The molecular formula is C15H25Cl2N3O2. The normalized spacial score (nSPS) is 14.6. The maximum Gasteiger partial charge on any atom is 0.234 e. The summed E-state index contributed by atoms with van der Waals surface area (Å²) in [5.41, 5.74) is 2.25. The molecule has 0 aromatic heterocycles. The first-order valence-electron chi connectivity index (χ1n) is 7.04. The van der Waals surface area contributed by atoms with Gasteiger partial charge in [-0.25, -0.2) is 0 Å². The number of methoxy groups -OCH3 is 1. The predicted molar refractivity (Wildman–Crippen MR) is 92.8 cm³/mol. The molecule has 1 saturated heterocycles. The van der Waals surface area contributed by atoms with Crippen molar-refractivity contribution in [1.29, 1.82) is 0 Å². The molecule has 0 aliphatic carbocycles. The Bertz CT molecular complexity index is 423. The van der Waals surface area contributed by atoms with Crippen LogP contribution in [0.25, 0.3) is 0 Å². The topological polar surface area (TPSA) is 53.6 Å². The molecule has 1 aliphatic heterocycles. The van der Waals surface area contributed by atoms with Gasteiger partial charge in [-0.1, -0.05) is 24.3 Å². The average molecular weight is 350 g/mol. The molecule has 0 saturated carbocycles. The molecule has 5 nitrogen and oxygen atoms in total. The summed E-state index contributed by atoms with van der Waals surface area (Å²) in [6, 6.07) is 8.11. The van der Waals surface area contributed by atoms with Gasteiger partial charge in [-0.05, 0) is 11.1 Å². The fourth-order valence-electron chi connectivity index (χ4n) is 2.25. The summed E-state index contributed by atoms with van der Waals surface area (Å²) in [5, 5.41) is 6.24. The van der Waals surface area contributed by atoms with Gasteiger partial charge in [0.1, 0.15) is 0 Å². The number of halogens is 2. The van der Waals surface area contributed by atoms with Crippen LogP contribution in [0.2, 0.25) is 0 Å². The minimum absolute atomic E-state index is 0. The van der Waals surface area contributed by atoms with Gasteiger partial charge in [-0.2, -0.15) is 0 Å². The largest absolute Gasteiger partial charge is 0.380 e. The van der Waals surface area contributed by atoms with Gasteiger partial charge in [0.05, 0.1) is 13.2 Å². The highest BCUT2D eigenvalue weighted by atomic mass is 35.5. The molecule has 7 heteroatoms. The predicted octanol–water partition coefficient (Wildman–Crippen LogP) is 1.20. The lowest BCUT2D eigenvalue weighted by atomic mass is 10.1. The lowest BCUT2D eigenvalue weighted by molar-refractivity contribution is -0.122. The number of benzene rings is 1. The molecule has 0 unspecified atom stereocenters. The summed E-state index contributed by atoms with van der Waals surface area (Å²) in [7, 11) is 1.68. The van der Waals surface area contributed by atoms with Gasteiger partial charge >= 0.3 is 0 Å². The van der Waals surface area contributed by atoms with Gasteiger partial charge < -0.3 is 15.4 Å². The average Bonchev–Trinajstić information content (AvgIpc) is 2.48. The van der Waals surface area contributed by atoms with E-state index in [4.69, 9.17) is 4.74 Å². The van der Waals surface area contributed by atoms with Crippen LogP contribution in [-0.2, 0) is 22.7 Å². The Kier molecular flexibility index (Phi) is 11.2. The second-order valence-electron chi connectivity index (χ2n) is 5.05. The zero-order chi connectivity index (χ0) is 14.2. The molecule has 2 rings (SSSR count). The fourth-order valence-corrected chi connectivity index (χ4v) is 2.25. The first kappa shape index (κ1) is 21.1. The number of carbonyl (C=O) groups is 1. The van der Waals surface area contributed by atoms with E-state index in [0.717, 1.165) is 37.3 Å². The highest BCUT2D eigenvalue weighted by molar-refractivity contribution is 5.85. The van der Waals surface area contributed by atoms with E-state index < -0.39 is 0 Å². The summed E-state index contributed by atoms with van der Waals surface area (Å²) in [6.07, 6.45) is 0. The molecule has 126 valence electrons. The van der Waals surface area contributed by atoms with Crippen LogP contribution in [0.15, 0.2) is 24.3 Å². The zero-order valence-electron chi connectivity index (χ0n) is 12.8. The van der Waals surface area contributed by atoms with Crippen molar-refractivity contribution < 1.29 is 9.53 Å². The summed E-state index contributed by atoms with van der Waals surface area (Å²) in [5.74, 6) is 0.0906. The van der Waals surface area contributed by atoms with E-state index in [-0.39, 0.29) is 30.7 Å². The van der Waals surface area contributed by atoms with E-state index >= 15 is 0 Å². The third kappa shape index (κ3) is 7.42. The first-order chi connectivity index (χ1) is 9.78. The molecular weight excluding hydrogens is 325 g/mol. The summed E-state index contributed by atoms with van der Waals surface area (Å²) >= 11 is 0. The highest BCUT2D eigenvalue weighted by Gasteiger charge is 2.12. The van der Waals surface area contributed by atoms with Crippen LogP contribution in [0.3, 0.4) is 0 Å². The number of piperazine rings is 1. The Balaban J connectivity index is 0.00000220. The lowest BCUT2D eigenvalue weighted by Gasteiger charge is -2.26. The SMILES string of the molecule is COCc1ccc(CNC(=O)CN2CCNCC2)cc1.Cl.Cl. The van der Waals surface area contributed by atoms with Crippen molar-refractivity contribution in [1.82, 2.24) is 15.5 Å². The molecule has 0 bridgehead atoms. The van der Waals surface area contributed by atoms with Crippen LogP contribution in [0, 0.1) is 0 Å². The van der Waals surface area contributed by atoms with Crippen molar-refractivity contribution in [2.24, 2.45) is 0 Å². The maximum absolute atomic E-state index is 11.9. The van der Waals surface area contributed by atoms with E-state index in [1.54, 1.807) is 7.11 Å². The first-order valence-corrected chi connectivity index (χ1v) is 7.04. The second-order valence-corrected chi connectivity index (χ2v) is 5.05. The summed E-state index contributed by atoms with van der Waals surface area (Å²) in [6.45, 7) is 5.51. The summed E-state index contributed by atoms with van der Waals surface area (Å²) in [4.78, 5) is 14.0. The van der Waals surface area contributed by atoms with Crippen LogP contribution in [0.1, 0.15) is 11.1 Å². The van der Waals surface area contributed by atoms with Crippen molar-refractivity contribution in [3.63, 3.8) is 0 Å². The van der Waals surface area contributed by atoms with Crippen molar-refractivity contribution in [3.05, 3.63) is 35.4 Å². The molecule has 1 aromatic rings. The van der Waals surface area contributed by atoms with E-state index in [2.05, 4.69) is 15.5 Å². The van der Waals surface area contributed by atoms with E-state index in [9.17, 15) is 4.79 Å². The van der Waals surface area contributed by atoms with Crippen molar-refractivity contribution in [2.45, 2.75) is 13.2 Å². The molecule has 22 heavy (non-hydrogen) atoms. The molecule has 0 atom stereocenters. The third-order valence-electron chi connectivity index (χ3n) is 3.40. The Hall–Kier alpha value is -0.850. The van der Waals surface area contributed by atoms with Gasteiger partial charge in [0.2, 0.25) is 5.91 Å². The number of hydrogen-bond acceptors (Lipinski definition) is 4. The van der Waals surface area contributed by atoms with Gasteiger partial charge in [0.15, 0.2) is 0 Å². The van der Waals surface area contributed by atoms with E-state index in [0.29, 0.717) is 19.7 Å². The van der Waals surface area contributed by atoms with Gasteiger partial charge in [-0.15, -0.1) is 24.8 Å². The number of ether oxygens (including phenoxy) is 1. The molecule has 0 radical (unpaired) electrons. The molecule has 1 fully saturated rings. The fraction of sp³-hybridized carbons (Fsp3) is 0.533. The number of carbonyl (C=O) groups excluding carboxylic acids is 1. The molecule has 2 N–H and O–H groups in total. The van der Waals surface area contributed by atoms with Crippen LogP contribution >= 0.6 is 24.8 Å². The van der Waals surface area contributed by atoms with Crippen molar-refractivity contribution in [2.75, 3.05) is 39.8 Å². The summed E-state index contributed by atoms with van der Waals surface area (Å²) < 4.78 is 5.07. The quantitative estimate of drug-likeness (QED) is 0.810. The highest BCUT2D eigenvalue weighted by Crippen LogP contribution is 2.05. The minimum atomic E-state index is 0. The minimum Gasteiger partial charge on any atom is -0.380 e. The standard InChI is InChI=1S/C15H23N3O2.2ClH/c1-20-12-14-4-2-13(3-5-14)10-17-15(19)11-18-8-6-16-7-9-18;;/h2-5,16H,6-12H2,1H3,(H,17,19);2*1H. The maximum atomic E-state index is 11.9. The van der Waals surface area contributed by atoms with Crippen molar-refractivity contribution in [3.8, 4) is 0 Å². The number of amides is 1. The van der Waals surface area contributed by atoms with Gasteiger partial charge in [0, 0.05) is 39.8 Å². The van der Waals surface area contributed by atoms with Crippen LogP contribution in [0.4, 0.5) is 0 Å². The van der Waals surface area contributed by atoms with E-state index in [1.165, 1.54) is 0 Å². The lowest BCUT2D eigenvalue weighted by Crippen LogP contribution is -2.47. The Labute approximate surface area is 144 Å². The zero-order valence-corrected chi connectivity index (χ0v) is 14.5. The van der Waals surface area contributed by atoms with Crippen LogP contribution < -0.4 is 10.6 Å². The number of nitrogens with one attached hydrogen (secondary N) is 2. The number of hydrogen-bond donors (Lipinski definition) is 2. The Morgan fingerprint density at radius 1 is 1.18 bits per heavy atom. The smallest absolute Gasteiger partial charge is 0.234 e. The molecule has 1 aliphatic rings. The van der Waals surface area contributed by atoms with E-state index in [1.807, 2.05) is 24.3 Å². The third-order valence-corrected chi connectivity index (χ3v) is 3.40. The Morgan fingerprint density at radius 2 is 1.77 bits per heavy atom. The molecule has 1 amide bonds. The van der Waals surface area contributed by atoms with Gasteiger partial charge in [0.25, 0.3) is 0 Å². The molecule has 0 spiro atoms. The molecule has 1 heterocycles. The van der Waals surface area contributed by atoms with Crippen LogP contribution in [0.5, 0.6) is 0 Å². The number of rotatable bonds is 6. The Morgan fingerprint density at radius 3 is 2.36 bits per heavy atom. The second kappa shape index (κ2) is 11.7.